The fourth-order valence-corrected chi connectivity index (χ4v) is 1.98. The Morgan fingerprint density at radius 3 is 2.58 bits per heavy atom. The highest BCUT2D eigenvalue weighted by Crippen LogP contribution is 2.18. The van der Waals surface area contributed by atoms with Gasteiger partial charge in [0.15, 0.2) is 0 Å². The van der Waals surface area contributed by atoms with E-state index in [1.807, 2.05) is 12.3 Å². The Kier molecular flexibility index (Phi) is 6.29. The molecule has 0 saturated carbocycles. The number of aromatic nitrogens is 1. The van der Waals surface area contributed by atoms with Crippen LogP contribution in [0.15, 0.2) is 18.3 Å². The summed E-state index contributed by atoms with van der Waals surface area (Å²) in [6.07, 6.45) is 4.33. The van der Waals surface area contributed by atoms with Crippen LogP contribution < -0.4 is 10.2 Å². The first kappa shape index (κ1) is 16.0. The minimum atomic E-state index is 0.133. The molecule has 0 amide bonds. The number of anilines is 1. The Morgan fingerprint density at radius 1 is 1.26 bits per heavy atom. The lowest BCUT2D eigenvalue weighted by Gasteiger charge is -2.26. The summed E-state index contributed by atoms with van der Waals surface area (Å²) in [6, 6.07) is 4.20. The van der Waals surface area contributed by atoms with Crippen LogP contribution in [0.3, 0.4) is 0 Å². The van der Waals surface area contributed by atoms with Gasteiger partial charge in [0.2, 0.25) is 0 Å². The maximum Gasteiger partial charge on any atom is 0.132 e. The average Bonchev–Trinajstić information content (AvgIpc) is 2.37. The van der Waals surface area contributed by atoms with Crippen molar-refractivity contribution in [2.75, 3.05) is 18.0 Å². The van der Waals surface area contributed by atoms with Crippen LogP contribution in [-0.2, 0) is 6.54 Å². The molecule has 1 rings (SSSR count). The van der Waals surface area contributed by atoms with E-state index in [9.17, 15) is 0 Å². The van der Waals surface area contributed by atoms with Crippen LogP contribution in [-0.4, -0.2) is 23.6 Å². The minimum absolute atomic E-state index is 0.133. The highest BCUT2D eigenvalue weighted by Gasteiger charge is 2.13. The summed E-state index contributed by atoms with van der Waals surface area (Å²) >= 11 is 0. The lowest BCUT2D eigenvalue weighted by molar-refractivity contribution is 0.424. The third-order valence-corrected chi connectivity index (χ3v) is 3.14. The topological polar surface area (TPSA) is 28.2 Å². The molecular formula is C16H29N3. The molecule has 0 bridgehead atoms. The predicted octanol–water partition coefficient (Wildman–Crippen LogP) is 3.60. The molecule has 0 aliphatic heterocycles. The van der Waals surface area contributed by atoms with Gasteiger partial charge in [0.05, 0.1) is 0 Å². The lowest BCUT2D eigenvalue weighted by Crippen LogP contribution is -2.36. The van der Waals surface area contributed by atoms with Crippen LogP contribution in [0.1, 0.15) is 53.0 Å². The summed E-state index contributed by atoms with van der Waals surface area (Å²) in [6.45, 7) is 14.0. The monoisotopic (exact) mass is 263 g/mol. The van der Waals surface area contributed by atoms with Gasteiger partial charge < -0.3 is 10.2 Å². The molecule has 0 aliphatic carbocycles. The average molecular weight is 263 g/mol. The van der Waals surface area contributed by atoms with Crippen molar-refractivity contribution in [1.82, 2.24) is 10.3 Å². The summed E-state index contributed by atoms with van der Waals surface area (Å²) in [7, 11) is 0. The summed E-state index contributed by atoms with van der Waals surface area (Å²) in [5, 5.41) is 3.55. The molecule has 0 aromatic carbocycles. The van der Waals surface area contributed by atoms with Gasteiger partial charge in [-0.05, 0) is 40.2 Å². The van der Waals surface area contributed by atoms with Crippen molar-refractivity contribution in [3.05, 3.63) is 23.9 Å². The van der Waals surface area contributed by atoms with Crippen molar-refractivity contribution >= 4 is 5.82 Å². The largest absolute Gasteiger partial charge is 0.357 e. The number of hydrogen-bond acceptors (Lipinski definition) is 3. The van der Waals surface area contributed by atoms with Gasteiger partial charge in [-0.1, -0.05) is 19.4 Å². The van der Waals surface area contributed by atoms with Crippen LogP contribution in [0.25, 0.3) is 0 Å². The summed E-state index contributed by atoms with van der Waals surface area (Å²) in [5.74, 6) is 1.13. The maximum absolute atomic E-state index is 4.59. The zero-order valence-electron chi connectivity index (χ0n) is 13.2. The molecule has 1 aromatic rings. The molecule has 3 heteroatoms. The summed E-state index contributed by atoms with van der Waals surface area (Å²) < 4.78 is 0. The van der Waals surface area contributed by atoms with Crippen molar-refractivity contribution in [2.45, 2.75) is 59.5 Å². The van der Waals surface area contributed by atoms with E-state index in [4.69, 9.17) is 0 Å². The van der Waals surface area contributed by atoms with Crippen molar-refractivity contribution < 1.29 is 0 Å². The first-order valence-corrected chi connectivity index (χ1v) is 7.41. The highest BCUT2D eigenvalue weighted by molar-refractivity contribution is 5.46. The Hall–Kier alpha value is -1.09. The van der Waals surface area contributed by atoms with Crippen LogP contribution in [0.2, 0.25) is 0 Å². The number of unbranched alkanes of at least 4 members (excludes halogenated alkanes) is 1. The molecule has 0 fully saturated rings. The van der Waals surface area contributed by atoms with E-state index in [2.05, 4.69) is 55.9 Å². The molecule has 0 spiro atoms. The van der Waals surface area contributed by atoms with E-state index in [1.54, 1.807) is 0 Å². The molecule has 19 heavy (non-hydrogen) atoms. The second kappa shape index (κ2) is 7.49. The zero-order valence-corrected chi connectivity index (χ0v) is 13.2. The van der Waals surface area contributed by atoms with Crippen molar-refractivity contribution in [3.63, 3.8) is 0 Å². The van der Waals surface area contributed by atoms with Crippen LogP contribution in [0.4, 0.5) is 5.82 Å². The Morgan fingerprint density at radius 2 is 2.00 bits per heavy atom. The van der Waals surface area contributed by atoms with Gasteiger partial charge in [0.25, 0.3) is 0 Å². The highest BCUT2D eigenvalue weighted by atomic mass is 15.2. The Balaban J connectivity index is 2.81. The first-order valence-electron chi connectivity index (χ1n) is 7.41. The molecule has 0 aliphatic rings. The summed E-state index contributed by atoms with van der Waals surface area (Å²) in [4.78, 5) is 6.97. The smallest absolute Gasteiger partial charge is 0.132 e. The second-order valence-corrected chi connectivity index (χ2v) is 6.02. The molecule has 1 aromatic heterocycles. The molecule has 0 radical (unpaired) electrons. The van der Waals surface area contributed by atoms with Gasteiger partial charge in [-0.15, -0.1) is 0 Å². The van der Waals surface area contributed by atoms with E-state index in [-0.39, 0.29) is 5.54 Å². The fraction of sp³-hybridized carbons (Fsp3) is 0.688. The quantitative estimate of drug-likeness (QED) is 0.814. The van der Waals surface area contributed by atoms with E-state index in [1.165, 1.54) is 18.4 Å². The number of nitrogens with zero attached hydrogens (tertiary/aromatic N) is 2. The van der Waals surface area contributed by atoms with Crippen molar-refractivity contribution in [3.8, 4) is 0 Å². The third kappa shape index (κ3) is 5.60. The van der Waals surface area contributed by atoms with Crippen LogP contribution >= 0.6 is 0 Å². The second-order valence-electron chi connectivity index (χ2n) is 6.02. The van der Waals surface area contributed by atoms with E-state index in [0.29, 0.717) is 0 Å². The van der Waals surface area contributed by atoms with E-state index < -0.39 is 0 Å². The number of pyridine rings is 1. The van der Waals surface area contributed by atoms with E-state index >= 15 is 0 Å². The molecule has 0 saturated heterocycles. The molecule has 0 unspecified atom stereocenters. The molecule has 1 heterocycles. The van der Waals surface area contributed by atoms with E-state index in [0.717, 1.165) is 25.5 Å². The van der Waals surface area contributed by atoms with Gasteiger partial charge >= 0.3 is 0 Å². The maximum atomic E-state index is 4.59. The van der Waals surface area contributed by atoms with Gasteiger partial charge in [0, 0.05) is 36.9 Å². The number of hydrogen-bond donors (Lipinski definition) is 1. The summed E-state index contributed by atoms with van der Waals surface area (Å²) in [5.41, 5.74) is 1.42. The van der Waals surface area contributed by atoms with Crippen molar-refractivity contribution in [2.24, 2.45) is 0 Å². The molecule has 3 nitrogen and oxygen atoms in total. The molecule has 0 atom stereocenters. The first-order chi connectivity index (χ1) is 8.98. The molecule has 108 valence electrons. The third-order valence-electron chi connectivity index (χ3n) is 3.14. The normalized spacial score (nSPS) is 11.6. The lowest BCUT2D eigenvalue weighted by atomic mass is 10.1. The molecular weight excluding hydrogens is 234 g/mol. The zero-order chi connectivity index (χ0) is 14.3. The number of nitrogens with one attached hydrogen (secondary N) is 1. The van der Waals surface area contributed by atoms with Gasteiger partial charge in [-0.2, -0.15) is 0 Å². The van der Waals surface area contributed by atoms with Gasteiger partial charge in [0.1, 0.15) is 5.82 Å². The predicted molar refractivity (Wildman–Crippen MR) is 83.6 cm³/mol. The molecule has 1 N–H and O–H groups in total. The van der Waals surface area contributed by atoms with Crippen LogP contribution in [0.5, 0.6) is 0 Å². The van der Waals surface area contributed by atoms with Gasteiger partial charge in [-0.3, -0.25) is 0 Å². The number of rotatable bonds is 7. The standard InChI is InChI=1S/C16H29N3/c1-6-8-12-19(7-2)15-14(10-9-11-17-15)13-18-16(3,4)5/h9-11,18H,6-8,12-13H2,1-5H3. The van der Waals surface area contributed by atoms with Crippen molar-refractivity contribution in [1.29, 1.82) is 0 Å². The van der Waals surface area contributed by atoms with Gasteiger partial charge in [-0.25, -0.2) is 4.98 Å². The SMILES string of the molecule is CCCCN(CC)c1ncccc1CNC(C)(C)C. The van der Waals surface area contributed by atoms with Crippen LogP contribution in [0, 0.1) is 0 Å². The fourth-order valence-electron chi connectivity index (χ4n) is 1.98. The Labute approximate surface area is 118 Å². The minimum Gasteiger partial charge on any atom is -0.357 e. The Bertz CT molecular complexity index is 369.